The lowest BCUT2D eigenvalue weighted by atomic mass is 9.84. The molecule has 2 atom stereocenters. The molecule has 3 rings (SSSR count). The molecule has 29 heavy (non-hydrogen) atoms. The quantitative estimate of drug-likeness (QED) is 0.688. The number of carbonyl (C=O) groups excluding carboxylic acids is 2. The van der Waals surface area contributed by atoms with Gasteiger partial charge >= 0.3 is 6.03 Å². The van der Waals surface area contributed by atoms with Crippen molar-refractivity contribution in [3.63, 3.8) is 0 Å². The van der Waals surface area contributed by atoms with Crippen LogP contribution >= 0.6 is 0 Å². The number of aliphatic hydroxyl groups is 1. The minimum atomic E-state index is -1.53. The average molecular weight is 406 g/mol. The fourth-order valence-corrected chi connectivity index (χ4v) is 3.52. The lowest BCUT2D eigenvalue weighted by Gasteiger charge is -2.27. The van der Waals surface area contributed by atoms with E-state index in [9.17, 15) is 27.9 Å². The highest BCUT2D eigenvalue weighted by atomic mass is 19.1. The van der Waals surface area contributed by atoms with Gasteiger partial charge in [0.25, 0.3) is 5.91 Å². The van der Waals surface area contributed by atoms with Crippen molar-refractivity contribution < 1.29 is 27.9 Å². The first-order chi connectivity index (χ1) is 13.8. The van der Waals surface area contributed by atoms with Gasteiger partial charge in [0.2, 0.25) is 0 Å². The molecule has 0 saturated carbocycles. The predicted octanol–water partition coefficient (Wildman–Crippen LogP) is 3.77. The third kappa shape index (κ3) is 3.98. The largest absolute Gasteiger partial charge is 0.386 e. The number of urea groups is 1. The molecule has 0 bridgehead atoms. The van der Waals surface area contributed by atoms with Crippen molar-refractivity contribution in [1.82, 2.24) is 10.2 Å². The first-order valence-corrected chi connectivity index (χ1v) is 9.31. The second-order valence-corrected chi connectivity index (χ2v) is 7.04. The maximum atomic E-state index is 14.0. The third-order valence-corrected chi connectivity index (χ3v) is 5.10. The van der Waals surface area contributed by atoms with Crippen molar-refractivity contribution in [1.29, 1.82) is 0 Å². The zero-order valence-corrected chi connectivity index (χ0v) is 15.8. The Morgan fingerprint density at radius 3 is 2.34 bits per heavy atom. The van der Waals surface area contributed by atoms with Gasteiger partial charge in [0.1, 0.15) is 23.0 Å². The molecule has 2 unspecified atom stereocenters. The summed E-state index contributed by atoms with van der Waals surface area (Å²) in [5, 5.41) is 13.0. The van der Waals surface area contributed by atoms with Crippen LogP contribution in [0.5, 0.6) is 0 Å². The van der Waals surface area contributed by atoms with Crippen molar-refractivity contribution in [3.8, 4) is 0 Å². The highest BCUT2D eigenvalue weighted by molar-refractivity contribution is 6.07. The number of nitrogens with zero attached hydrogens (tertiary/aromatic N) is 1. The van der Waals surface area contributed by atoms with Crippen LogP contribution in [-0.2, 0) is 10.3 Å². The minimum absolute atomic E-state index is 0.222. The Morgan fingerprint density at radius 2 is 1.72 bits per heavy atom. The number of unbranched alkanes of at least 4 members (excludes halogenated alkanes) is 1. The SMILES string of the molecule is CCCCC1(c2ccc(F)cc2)NC(=O)N(CC(O)c2ccc(F)cc2F)C1=O. The average Bonchev–Trinajstić information content (AvgIpc) is 2.92. The van der Waals surface area contributed by atoms with Gasteiger partial charge in [0.15, 0.2) is 0 Å². The summed E-state index contributed by atoms with van der Waals surface area (Å²) in [4.78, 5) is 26.6. The highest BCUT2D eigenvalue weighted by Crippen LogP contribution is 2.35. The van der Waals surface area contributed by atoms with Gasteiger partial charge in [-0.3, -0.25) is 9.69 Å². The Labute approximate surface area is 166 Å². The van der Waals surface area contributed by atoms with Gasteiger partial charge in [-0.05, 0) is 30.2 Å². The molecule has 1 saturated heterocycles. The first-order valence-electron chi connectivity index (χ1n) is 9.31. The molecule has 8 heteroatoms. The number of imide groups is 1. The standard InChI is InChI=1S/C21H21F3N2O3/c1-2-3-10-21(13-4-6-14(22)7-5-13)19(28)26(20(29)25-21)12-18(27)16-9-8-15(23)11-17(16)24/h4-9,11,18,27H,2-3,10,12H2,1H3,(H,25,29). The van der Waals surface area contributed by atoms with Crippen LogP contribution < -0.4 is 5.32 Å². The molecule has 2 N–H and O–H groups in total. The molecule has 2 aromatic rings. The van der Waals surface area contributed by atoms with E-state index in [1.54, 1.807) is 0 Å². The maximum Gasteiger partial charge on any atom is 0.325 e. The van der Waals surface area contributed by atoms with Crippen LogP contribution in [0.4, 0.5) is 18.0 Å². The molecular formula is C21H21F3N2O3. The Hall–Kier alpha value is -2.87. The number of amides is 3. The van der Waals surface area contributed by atoms with E-state index in [2.05, 4.69) is 5.32 Å². The summed E-state index contributed by atoms with van der Waals surface area (Å²) in [5.41, 5.74) is -1.18. The molecule has 0 aliphatic carbocycles. The monoisotopic (exact) mass is 406 g/mol. The zero-order valence-electron chi connectivity index (χ0n) is 15.8. The van der Waals surface area contributed by atoms with Crippen LogP contribution in [0.1, 0.15) is 43.4 Å². The Balaban J connectivity index is 1.90. The smallest absolute Gasteiger partial charge is 0.325 e. The molecule has 2 aromatic carbocycles. The third-order valence-electron chi connectivity index (χ3n) is 5.10. The molecule has 0 aromatic heterocycles. The van der Waals surface area contributed by atoms with Crippen molar-refractivity contribution in [3.05, 3.63) is 71.0 Å². The van der Waals surface area contributed by atoms with E-state index in [0.29, 0.717) is 18.1 Å². The molecule has 0 spiro atoms. The van der Waals surface area contributed by atoms with Gasteiger partial charge in [0, 0.05) is 11.6 Å². The van der Waals surface area contributed by atoms with E-state index in [0.717, 1.165) is 23.5 Å². The van der Waals surface area contributed by atoms with Crippen molar-refractivity contribution in [2.24, 2.45) is 0 Å². The fraction of sp³-hybridized carbons (Fsp3) is 0.333. The summed E-state index contributed by atoms with van der Waals surface area (Å²) in [6.07, 6.45) is 0.138. The number of hydrogen-bond donors (Lipinski definition) is 2. The summed E-state index contributed by atoms with van der Waals surface area (Å²) in [5.74, 6) is -2.86. The number of β-amino-alcohol motifs (C(OH)–C–C–N with tert-alkyl or cyclic N) is 1. The van der Waals surface area contributed by atoms with E-state index in [1.165, 1.54) is 24.3 Å². The van der Waals surface area contributed by atoms with Gasteiger partial charge in [-0.15, -0.1) is 0 Å². The van der Waals surface area contributed by atoms with Gasteiger partial charge in [-0.2, -0.15) is 0 Å². The van der Waals surface area contributed by atoms with Crippen molar-refractivity contribution in [2.75, 3.05) is 6.54 Å². The van der Waals surface area contributed by atoms with E-state index < -0.39 is 47.6 Å². The molecule has 1 aliphatic rings. The number of carbonyl (C=O) groups is 2. The van der Waals surface area contributed by atoms with Crippen LogP contribution in [0.15, 0.2) is 42.5 Å². The van der Waals surface area contributed by atoms with Crippen LogP contribution in [0.3, 0.4) is 0 Å². The van der Waals surface area contributed by atoms with E-state index in [-0.39, 0.29) is 12.0 Å². The summed E-state index contributed by atoms with van der Waals surface area (Å²) < 4.78 is 40.4. The Kier molecular flexibility index (Phi) is 5.93. The lowest BCUT2D eigenvalue weighted by molar-refractivity contribution is -0.133. The first kappa shape index (κ1) is 20.9. The van der Waals surface area contributed by atoms with Crippen LogP contribution in [0, 0.1) is 17.5 Å². The number of nitrogens with one attached hydrogen (secondary N) is 1. The second kappa shape index (κ2) is 8.24. The summed E-state index contributed by atoms with van der Waals surface area (Å²) >= 11 is 0. The van der Waals surface area contributed by atoms with E-state index >= 15 is 0 Å². The van der Waals surface area contributed by atoms with Crippen LogP contribution in [0.25, 0.3) is 0 Å². The Morgan fingerprint density at radius 1 is 1.07 bits per heavy atom. The normalized spacial score (nSPS) is 20.1. The molecule has 1 aliphatic heterocycles. The van der Waals surface area contributed by atoms with Gasteiger partial charge in [-0.25, -0.2) is 18.0 Å². The Bertz CT molecular complexity index is 920. The number of hydrogen-bond acceptors (Lipinski definition) is 3. The lowest BCUT2D eigenvalue weighted by Crippen LogP contribution is -2.44. The number of rotatable bonds is 7. The van der Waals surface area contributed by atoms with Crippen molar-refractivity contribution >= 4 is 11.9 Å². The molecule has 3 amide bonds. The molecule has 1 heterocycles. The van der Waals surface area contributed by atoms with Gasteiger partial charge in [0.05, 0.1) is 12.6 Å². The molecule has 5 nitrogen and oxygen atoms in total. The van der Waals surface area contributed by atoms with Crippen LogP contribution in [-0.4, -0.2) is 28.5 Å². The van der Waals surface area contributed by atoms with Gasteiger partial charge in [-0.1, -0.05) is 38.0 Å². The van der Waals surface area contributed by atoms with Crippen LogP contribution in [0.2, 0.25) is 0 Å². The molecule has 1 fully saturated rings. The second-order valence-electron chi connectivity index (χ2n) is 7.04. The van der Waals surface area contributed by atoms with E-state index in [1.807, 2.05) is 6.92 Å². The summed E-state index contributed by atoms with van der Waals surface area (Å²) in [6.45, 7) is 1.43. The van der Waals surface area contributed by atoms with Crippen molar-refractivity contribution in [2.45, 2.75) is 37.8 Å². The highest BCUT2D eigenvalue weighted by Gasteiger charge is 2.52. The fourth-order valence-electron chi connectivity index (χ4n) is 3.52. The molecular weight excluding hydrogens is 385 g/mol. The molecule has 0 radical (unpaired) electrons. The predicted molar refractivity (Wildman–Crippen MR) is 99.2 cm³/mol. The maximum absolute atomic E-state index is 14.0. The minimum Gasteiger partial charge on any atom is -0.386 e. The summed E-state index contributed by atoms with van der Waals surface area (Å²) in [7, 11) is 0. The number of benzene rings is 2. The molecule has 154 valence electrons. The number of aliphatic hydroxyl groups excluding tert-OH is 1. The topological polar surface area (TPSA) is 69.6 Å². The van der Waals surface area contributed by atoms with E-state index in [4.69, 9.17) is 0 Å². The zero-order chi connectivity index (χ0) is 21.2. The van der Waals surface area contributed by atoms with Gasteiger partial charge < -0.3 is 10.4 Å². The summed E-state index contributed by atoms with van der Waals surface area (Å²) in [6, 6.07) is 7.20. The number of halogens is 3.